The molecule has 0 aliphatic carbocycles. The first-order valence-corrected chi connectivity index (χ1v) is 8.47. The Morgan fingerprint density at radius 1 is 0.963 bits per heavy atom. The second-order valence-electron chi connectivity index (χ2n) is 5.98. The van der Waals surface area contributed by atoms with E-state index in [4.69, 9.17) is 4.74 Å². The number of ether oxygens (including phenoxy) is 1. The molecule has 2 amide bonds. The Morgan fingerprint density at radius 2 is 1.78 bits per heavy atom. The highest BCUT2D eigenvalue weighted by atomic mass is 16.5. The Morgan fingerprint density at radius 3 is 2.56 bits per heavy atom. The number of fused-ring (bicyclic) bond motifs is 1. The first-order chi connectivity index (χ1) is 13.2. The van der Waals surface area contributed by atoms with E-state index in [1.54, 1.807) is 31.4 Å². The van der Waals surface area contributed by atoms with Crippen LogP contribution in [0.4, 0.5) is 16.2 Å². The van der Waals surface area contributed by atoms with E-state index >= 15 is 0 Å². The van der Waals surface area contributed by atoms with E-state index in [0.29, 0.717) is 11.4 Å². The van der Waals surface area contributed by atoms with E-state index in [-0.39, 0.29) is 6.03 Å². The van der Waals surface area contributed by atoms with Crippen LogP contribution in [0.5, 0.6) is 5.75 Å². The van der Waals surface area contributed by atoms with Gasteiger partial charge >= 0.3 is 6.03 Å². The van der Waals surface area contributed by atoms with E-state index in [1.165, 1.54) is 0 Å². The van der Waals surface area contributed by atoms with Gasteiger partial charge in [-0.2, -0.15) is 0 Å². The number of aromatic nitrogens is 2. The first kappa shape index (κ1) is 16.7. The third kappa shape index (κ3) is 3.74. The van der Waals surface area contributed by atoms with Crippen LogP contribution < -0.4 is 15.4 Å². The summed E-state index contributed by atoms with van der Waals surface area (Å²) in [6, 6.07) is 20.3. The summed E-state index contributed by atoms with van der Waals surface area (Å²) in [5, 5.41) is 5.64. The maximum atomic E-state index is 12.3. The summed E-state index contributed by atoms with van der Waals surface area (Å²) in [6.45, 7) is 0. The number of methoxy groups -OCH3 is 1. The van der Waals surface area contributed by atoms with E-state index in [2.05, 4.69) is 15.6 Å². The van der Waals surface area contributed by atoms with Crippen LogP contribution >= 0.6 is 0 Å². The summed E-state index contributed by atoms with van der Waals surface area (Å²) < 4.78 is 7.07. The highest BCUT2D eigenvalue weighted by Crippen LogP contribution is 2.23. The molecular weight excluding hydrogens is 340 g/mol. The van der Waals surface area contributed by atoms with Crippen LogP contribution in [0.15, 0.2) is 79.1 Å². The Balaban J connectivity index is 1.49. The standard InChI is InChI=1S/C21H18N4O2/c1-27-18-10-8-16(9-11-18)22-21(26)23-17-6-4-5-15(13-17)19-14-25-12-3-2-7-20(25)24-19/h2-14H,1H3,(H2,22,23,26). The van der Waals surface area contributed by atoms with Crippen LogP contribution in [-0.2, 0) is 0 Å². The summed E-state index contributed by atoms with van der Waals surface area (Å²) in [7, 11) is 1.60. The average molecular weight is 358 g/mol. The van der Waals surface area contributed by atoms with Crippen molar-refractivity contribution in [3.63, 3.8) is 0 Å². The molecule has 0 radical (unpaired) electrons. The van der Waals surface area contributed by atoms with Crippen LogP contribution in [-0.4, -0.2) is 22.5 Å². The lowest BCUT2D eigenvalue weighted by Crippen LogP contribution is -2.19. The molecule has 134 valence electrons. The molecule has 0 atom stereocenters. The fourth-order valence-electron chi connectivity index (χ4n) is 2.80. The van der Waals surface area contributed by atoms with Crippen molar-refractivity contribution < 1.29 is 9.53 Å². The van der Waals surface area contributed by atoms with Crippen molar-refractivity contribution in [1.29, 1.82) is 0 Å². The van der Waals surface area contributed by atoms with Crippen molar-refractivity contribution in [3.8, 4) is 17.0 Å². The third-order valence-electron chi connectivity index (χ3n) is 4.13. The zero-order valence-electron chi connectivity index (χ0n) is 14.7. The Kier molecular flexibility index (Phi) is 4.45. The van der Waals surface area contributed by atoms with Crippen molar-refractivity contribution in [1.82, 2.24) is 9.38 Å². The second-order valence-corrected chi connectivity index (χ2v) is 5.98. The van der Waals surface area contributed by atoms with Crippen LogP contribution in [0.2, 0.25) is 0 Å². The first-order valence-electron chi connectivity index (χ1n) is 8.47. The van der Waals surface area contributed by atoms with Crippen molar-refractivity contribution in [3.05, 3.63) is 79.1 Å². The highest BCUT2D eigenvalue weighted by molar-refractivity contribution is 6.00. The molecule has 0 aliphatic heterocycles. The van der Waals surface area contributed by atoms with E-state index in [9.17, 15) is 4.79 Å². The van der Waals surface area contributed by atoms with Crippen LogP contribution in [0.1, 0.15) is 0 Å². The van der Waals surface area contributed by atoms with Gasteiger partial charge in [-0.05, 0) is 48.5 Å². The highest BCUT2D eigenvalue weighted by Gasteiger charge is 2.07. The van der Waals surface area contributed by atoms with Gasteiger partial charge in [-0.15, -0.1) is 0 Å². The molecule has 6 heteroatoms. The molecule has 2 aromatic carbocycles. The van der Waals surface area contributed by atoms with Crippen molar-refractivity contribution in [2.45, 2.75) is 0 Å². The molecule has 4 rings (SSSR count). The molecule has 0 aliphatic rings. The van der Waals surface area contributed by atoms with Gasteiger partial charge in [0.25, 0.3) is 0 Å². The fourth-order valence-corrected chi connectivity index (χ4v) is 2.80. The topological polar surface area (TPSA) is 67.7 Å². The van der Waals surface area contributed by atoms with Gasteiger partial charge in [-0.3, -0.25) is 0 Å². The number of rotatable bonds is 4. The summed E-state index contributed by atoms with van der Waals surface area (Å²) in [5.41, 5.74) is 4.03. The quantitative estimate of drug-likeness (QED) is 0.558. The molecule has 6 nitrogen and oxygen atoms in total. The van der Waals surface area contributed by atoms with Gasteiger partial charge in [0.2, 0.25) is 0 Å². The van der Waals surface area contributed by atoms with Crippen molar-refractivity contribution >= 4 is 23.1 Å². The summed E-state index contributed by atoms with van der Waals surface area (Å²) >= 11 is 0. The van der Waals surface area contributed by atoms with Gasteiger partial charge in [0, 0.05) is 29.3 Å². The molecule has 0 saturated heterocycles. The number of pyridine rings is 1. The molecule has 2 heterocycles. The minimum Gasteiger partial charge on any atom is -0.497 e. The molecule has 0 spiro atoms. The molecule has 4 aromatic rings. The zero-order valence-corrected chi connectivity index (χ0v) is 14.7. The maximum Gasteiger partial charge on any atom is 0.323 e. The van der Waals surface area contributed by atoms with Gasteiger partial charge in [0.1, 0.15) is 11.4 Å². The SMILES string of the molecule is COc1ccc(NC(=O)Nc2cccc(-c3cn4ccccc4n3)c2)cc1. The lowest BCUT2D eigenvalue weighted by atomic mass is 10.1. The molecule has 2 aromatic heterocycles. The van der Waals surface area contributed by atoms with Crippen LogP contribution in [0.3, 0.4) is 0 Å². The van der Waals surface area contributed by atoms with Gasteiger partial charge in [0.05, 0.1) is 12.8 Å². The van der Waals surface area contributed by atoms with E-state index in [1.807, 2.05) is 59.3 Å². The third-order valence-corrected chi connectivity index (χ3v) is 4.13. The fraction of sp³-hybridized carbons (Fsp3) is 0.0476. The monoisotopic (exact) mass is 358 g/mol. The number of amides is 2. The predicted octanol–water partition coefficient (Wildman–Crippen LogP) is 4.65. The molecule has 0 saturated carbocycles. The molecular formula is C21H18N4O2. The summed E-state index contributed by atoms with van der Waals surface area (Å²) in [6.07, 6.45) is 3.92. The Hall–Kier alpha value is -3.80. The summed E-state index contributed by atoms with van der Waals surface area (Å²) in [4.78, 5) is 16.9. The van der Waals surface area contributed by atoms with Crippen molar-refractivity contribution in [2.24, 2.45) is 0 Å². The number of urea groups is 1. The number of nitrogens with zero attached hydrogens (tertiary/aromatic N) is 2. The van der Waals surface area contributed by atoms with E-state index in [0.717, 1.165) is 22.7 Å². The number of anilines is 2. The van der Waals surface area contributed by atoms with Gasteiger partial charge in [0.15, 0.2) is 0 Å². The lowest BCUT2D eigenvalue weighted by Gasteiger charge is -2.09. The second kappa shape index (κ2) is 7.21. The minimum atomic E-state index is -0.313. The smallest absolute Gasteiger partial charge is 0.323 e. The van der Waals surface area contributed by atoms with Crippen molar-refractivity contribution in [2.75, 3.05) is 17.7 Å². The number of hydrogen-bond donors (Lipinski definition) is 2. The molecule has 0 unspecified atom stereocenters. The lowest BCUT2D eigenvalue weighted by molar-refractivity contribution is 0.262. The normalized spacial score (nSPS) is 10.6. The average Bonchev–Trinajstić information content (AvgIpc) is 3.13. The molecule has 0 bridgehead atoms. The Labute approximate surface area is 156 Å². The predicted molar refractivity (Wildman–Crippen MR) is 106 cm³/mol. The molecule has 0 fully saturated rings. The number of carbonyl (C=O) groups excluding carboxylic acids is 1. The number of hydrogen-bond acceptors (Lipinski definition) is 3. The van der Waals surface area contributed by atoms with Gasteiger partial charge < -0.3 is 19.8 Å². The van der Waals surface area contributed by atoms with Gasteiger partial charge in [-0.1, -0.05) is 18.2 Å². The van der Waals surface area contributed by atoms with Gasteiger partial charge in [-0.25, -0.2) is 9.78 Å². The molecule has 2 N–H and O–H groups in total. The van der Waals surface area contributed by atoms with Crippen LogP contribution in [0, 0.1) is 0 Å². The van der Waals surface area contributed by atoms with Crippen LogP contribution in [0.25, 0.3) is 16.9 Å². The number of imidazole rings is 1. The number of carbonyl (C=O) groups is 1. The largest absolute Gasteiger partial charge is 0.497 e. The Bertz CT molecular complexity index is 1050. The maximum absolute atomic E-state index is 12.3. The zero-order chi connectivity index (χ0) is 18.6. The summed E-state index contributed by atoms with van der Waals surface area (Å²) in [5.74, 6) is 0.737. The number of nitrogens with one attached hydrogen (secondary N) is 2. The minimum absolute atomic E-state index is 0.313. The number of benzene rings is 2. The van der Waals surface area contributed by atoms with E-state index < -0.39 is 0 Å². The molecule has 27 heavy (non-hydrogen) atoms.